The van der Waals surface area contributed by atoms with Gasteiger partial charge in [-0.1, -0.05) is 32.1 Å². The summed E-state index contributed by atoms with van der Waals surface area (Å²) in [5, 5.41) is 29.8. The van der Waals surface area contributed by atoms with Gasteiger partial charge in [-0.05, 0) is 74.1 Å². The molecule has 0 saturated carbocycles. The van der Waals surface area contributed by atoms with Crippen molar-refractivity contribution in [2.75, 3.05) is 24.3 Å². The lowest BCUT2D eigenvalue weighted by Crippen LogP contribution is -2.36. The minimum Gasteiger partial charge on any atom is -0.506 e. The first-order valence-corrected chi connectivity index (χ1v) is 17.6. The molecule has 1 saturated heterocycles. The molecule has 0 bridgehead atoms. The lowest BCUT2D eigenvalue weighted by Gasteiger charge is -2.32. The van der Waals surface area contributed by atoms with E-state index < -0.39 is 30.2 Å². The second-order valence-corrected chi connectivity index (χ2v) is 14.2. The van der Waals surface area contributed by atoms with Crippen molar-refractivity contribution in [2.45, 2.75) is 57.8 Å². The van der Waals surface area contributed by atoms with E-state index in [9.17, 15) is 24.6 Å². The highest BCUT2D eigenvalue weighted by atomic mass is 16.5. The van der Waals surface area contributed by atoms with E-state index in [1.54, 1.807) is 61.5 Å². The molecule has 13 heteroatoms. The van der Waals surface area contributed by atoms with Crippen molar-refractivity contribution < 1.29 is 38.2 Å². The third kappa shape index (κ3) is 6.52. The Kier molecular flexibility index (Phi) is 9.49. The zero-order chi connectivity index (χ0) is 37.7. The first-order chi connectivity index (χ1) is 25.4. The molecule has 7 rings (SSSR count). The molecule has 53 heavy (non-hydrogen) atoms. The van der Waals surface area contributed by atoms with Crippen LogP contribution in [0.25, 0.3) is 27.7 Å². The maximum atomic E-state index is 13.3. The summed E-state index contributed by atoms with van der Waals surface area (Å²) in [6, 6.07) is 12.5. The zero-order valence-corrected chi connectivity index (χ0v) is 29.9. The molecule has 0 radical (unpaired) electrons. The van der Waals surface area contributed by atoms with Crippen LogP contribution in [0.1, 0.15) is 82.5 Å². The van der Waals surface area contributed by atoms with E-state index in [4.69, 9.17) is 19.3 Å². The Labute approximate surface area is 305 Å². The molecular formula is C40H43N5O8. The van der Waals surface area contributed by atoms with Crippen LogP contribution in [0, 0.1) is 18.8 Å². The normalized spacial score (nSPS) is 19.5. The average molecular weight is 722 g/mol. The summed E-state index contributed by atoms with van der Waals surface area (Å²) in [6.45, 7) is 10.1. The molecule has 2 aliphatic rings. The summed E-state index contributed by atoms with van der Waals surface area (Å²) in [5.74, 6) is -1.04. The maximum Gasteiger partial charge on any atom is 0.339 e. The Hall–Kier alpha value is -5.63. The number of carbonyl (C=O) groups excluding carboxylic acids is 3. The number of aromatic amines is 1. The van der Waals surface area contributed by atoms with Crippen molar-refractivity contribution in [3.05, 3.63) is 101 Å². The minimum atomic E-state index is -1.19. The largest absolute Gasteiger partial charge is 0.506 e. The summed E-state index contributed by atoms with van der Waals surface area (Å²) >= 11 is 0. The molecule has 4 heterocycles. The van der Waals surface area contributed by atoms with Crippen LogP contribution in [-0.4, -0.2) is 63.6 Å². The highest BCUT2D eigenvalue weighted by Gasteiger charge is 2.50. The molecule has 3 aromatic heterocycles. The first kappa shape index (κ1) is 35.8. The van der Waals surface area contributed by atoms with Crippen LogP contribution in [0.2, 0.25) is 0 Å². The molecule has 2 amide bonds. The highest BCUT2D eigenvalue weighted by molar-refractivity contribution is 6.08. The Morgan fingerprint density at radius 1 is 1.13 bits per heavy atom. The van der Waals surface area contributed by atoms with E-state index in [0.717, 1.165) is 0 Å². The number of amides is 2. The second kappa shape index (κ2) is 14.1. The zero-order valence-electron chi connectivity index (χ0n) is 29.9. The number of aliphatic hydroxyl groups is 2. The van der Waals surface area contributed by atoms with Gasteiger partial charge >= 0.3 is 5.97 Å². The standard InChI is InChI=1S/C40H43N5O8/c1-6-8-22-18-45(27-17-28(46)35-34(33(22)27)32(20(4)42-35)40(50)51-5)39(49)31-16-23-14-24(11-12-29(23)52-31)43-38(48)30-15-21-9-7-10-26(36(21)53-30)44-37(47)25(41)13-19(2)3/h6-7,9-12,14-17,19,22,25,27,33,39,42,46,49H,1,8,13,18,41H2,2-5H3,(H,43,48)(H,44,47)/t22-,25+,27?,33+,39-/m1/s1. The summed E-state index contributed by atoms with van der Waals surface area (Å²) in [7, 11) is 1.32. The van der Waals surface area contributed by atoms with Gasteiger partial charge in [-0.25, -0.2) is 4.79 Å². The predicted molar refractivity (Wildman–Crippen MR) is 200 cm³/mol. The molecule has 1 fully saturated rings. The van der Waals surface area contributed by atoms with Crippen LogP contribution in [0.5, 0.6) is 0 Å². The average Bonchev–Trinajstić information content (AvgIpc) is 3.90. The number of benzene rings is 2. The number of aryl methyl sites for hydroxylation is 1. The van der Waals surface area contributed by atoms with E-state index in [2.05, 4.69) is 22.2 Å². The quantitative estimate of drug-likeness (QED) is 0.0629. The third-order valence-electron chi connectivity index (χ3n) is 10.2. The molecule has 2 aromatic carbocycles. The molecule has 5 atom stereocenters. The van der Waals surface area contributed by atoms with Crippen molar-refractivity contribution in [3.63, 3.8) is 0 Å². The number of para-hydroxylation sites is 1. The SMILES string of the molecule is C=CC[C@@H]1CN([C@H](O)c2cc3cc(NC(=O)c4cc5cccc(NC(=O)[C@@H](N)CC(C)C)c5o4)ccc3o2)C2C=C(O)c3[nH]c(C)c(C(=O)OC)c3[C@H]21. The molecular weight excluding hydrogens is 678 g/mol. The molecule has 0 spiro atoms. The van der Waals surface area contributed by atoms with Crippen molar-refractivity contribution in [3.8, 4) is 0 Å². The summed E-state index contributed by atoms with van der Waals surface area (Å²) < 4.78 is 17.1. The maximum absolute atomic E-state index is 13.3. The summed E-state index contributed by atoms with van der Waals surface area (Å²) in [6.07, 6.45) is 3.46. The third-order valence-corrected chi connectivity index (χ3v) is 10.2. The number of nitrogens with one attached hydrogen (secondary N) is 3. The number of likely N-dealkylation sites (tertiary alicyclic amines) is 1. The Bertz CT molecular complexity index is 2280. The number of aromatic nitrogens is 1. The Balaban J connectivity index is 1.11. The minimum absolute atomic E-state index is 0.0165. The van der Waals surface area contributed by atoms with Gasteiger partial charge in [0.1, 0.15) is 17.1 Å². The van der Waals surface area contributed by atoms with Gasteiger partial charge in [0.2, 0.25) is 5.91 Å². The van der Waals surface area contributed by atoms with E-state index in [0.29, 0.717) is 75.2 Å². The fourth-order valence-corrected chi connectivity index (χ4v) is 7.82. The van der Waals surface area contributed by atoms with Gasteiger partial charge in [0.15, 0.2) is 17.6 Å². The Morgan fingerprint density at radius 3 is 2.66 bits per heavy atom. The van der Waals surface area contributed by atoms with E-state index in [1.807, 2.05) is 24.8 Å². The van der Waals surface area contributed by atoms with Crippen LogP contribution in [0.3, 0.4) is 0 Å². The van der Waals surface area contributed by atoms with Gasteiger partial charge < -0.3 is 45.1 Å². The van der Waals surface area contributed by atoms with E-state index in [-0.39, 0.29) is 40.9 Å². The predicted octanol–water partition coefficient (Wildman–Crippen LogP) is 6.73. The number of H-pyrrole nitrogens is 1. The smallest absolute Gasteiger partial charge is 0.339 e. The number of hydrogen-bond acceptors (Lipinski definition) is 10. The van der Waals surface area contributed by atoms with Gasteiger partial charge in [-0.15, -0.1) is 6.58 Å². The van der Waals surface area contributed by atoms with Gasteiger partial charge in [-0.2, -0.15) is 0 Å². The number of nitrogens with zero attached hydrogens (tertiary/aromatic N) is 1. The van der Waals surface area contributed by atoms with Crippen molar-refractivity contribution in [1.29, 1.82) is 0 Å². The van der Waals surface area contributed by atoms with Gasteiger partial charge in [-0.3, -0.25) is 14.5 Å². The van der Waals surface area contributed by atoms with Crippen LogP contribution < -0.4 is 16.4 Å². The molecule has 1 aliphatic heterocycles. The van der Waals surface area contributed by atoms with Gasteiger partial charge in [0.05, 0.1) is 30.1 Å². The van der Waals surface area contributed by atoms with Crippen LogP contribution >= 0.6 is 0 Å². The van der Waals surface area contributed by atoms with Crippen molar-refractivity contribution >= 4 is 56.9 Å². The number of rotatable bonds is 11. The molecule has 5 aromatic rings. The molecule has 1 aliphatic carbocycles. The number of carbonyl (C=O) groups is 3. The topological polar surface area (TPSA) is 196 Å². The highest BCUT2D eigenvalue weighted by Crippen LogP contribution is 2.50. The number of esters is 1. The summed E-state index contributed by atoms with van der Waals surface area (Å²) in [5.41, 5.74) is 9.93. The van der Waals surface area contributed by atoms with Crippen LogP contribution in [0.15, 0.2) is 76.1 Å². The second-order valence-electron chi connectivity index (χ2n) is 14.2. The lowest BCUT2D eigenvalue weighted by molar-refractivity contribution is -0.117. The van der Waals surface area contributed by atoms with Crippen molar-refractivity contribution in [2.24, 2.45) is 17.6 Å². The molecule has 276 valence electrons. The van der Waals surface area contributed by atoms with E-state index >= 15 is 0 Å². The lowest BCUT2D eigenvalue weighted by atomic mass is 9.77. The molecule has 13 nitrogen and oxygen atoms in total. The van der Waals surface area contributed by atoms with Gasteiger partial charge in [0, 0.05) is 46.2 Å². The number of allylic oxidation sites excluding steroid dienone is 1. The summed E-state index contributed by atoms with van der Waals surface area (Å²) in [4.78, 5) is 43.9. The fraction of sp³-hybridized carbons (Fsp3) is 0.325. The fourth-order valence-electron chi connectivity index (χ4n) is 7.82. The number of hydrogen-bond donors (Lipinski definition) is 6. The van der Waals surface area contributed by atoms with Crippen LogP contribution in [0.4, 0.5) is 11.4 Å². The number of methoxy groups -OCH3 is 1. The first-order valence-electron chi connectivity index (χ1n) is 17.6. The Morgan fingerprint density at radius 2 is 1.92 bits per heavy atom. The number of anilines is 2. The number of aliphatic hydroxyl groups excluding tert-OH is 2. The van der Waals surface area contributed by atoms with Crippen molar-refractivity contribution in [1.82, 2.24) is 9.88 Å². The van der Waals surface area contributed by atoms with E-state index in [1.165, 1.54) is 7.11 Å². The number of fused-ring (bicyclic) bond motifs is 5. The molecule has 7 N–H and O–H groups in total. The number of nitrogens with two attached hydrogens (primary N) is 1. The number of ether oxygens (including phenoxy) is 1. The monoisotopic (exact) mass is 721 g/mol. The molecule has 1 unspecified atom stereocenters. The van der Waals surface area contributed by atoms with Gasteiger partial charge in [0.25, 0.3) is 5.91 Å². The number of furan rings is 2. The van der Waals surface area contributed by atoms with Crippen LogP contribution in [-0.2, 0) is 9.53 Å².